The highest BCUT2D eigenvalue weighted by molar-refractivity contribution is 14.1. The number of aryl methyl sites for hydroxylation is 1. The molecule has 0 saturated carbocycles. The number of aromatic hydroxyl groups is 1. The lowest BCUT2D eigenvalue weighted by Crippen LogP contribution is -1.97. The first-order valence-electron chi connectivity index (χ1n) is 7.73. The molecular formula is C19H20INO. The zero-order valence-electron chi connectivity index (χ0n) is 12.7. The van der Waals surface area contributed by atoms with Gasteiger partial charge in [0.05, 0.1) is 11.9 Å². The highest BCUT2D eigenvalue weighted by Gasteiger charge is 2.11. The maximum absolute atomic E-state index is 10.5. The normalized spacial score (nSPS) is 11.2. The number of fused-ring (bicyclic) bond motifs is 1. The molecule has 0 aliphatic heterocycles. The Bertz CT molecular complexity index is 774. The van der Waals surface area contributed by atoms with Gasteiger partial charge < -0.3 is 9.67 Å². The molecule has 2 nitrogen and oxygen atoms in total. The Hall–Kier alpha value is -1.49. The fourth-order valence-electron chi connectivity index (χ4n) is 2.77. The van der Waals surface area contributed by atoms with Crippen molar-refractivity contribution in [3.05, 3.63) is 63.4 Å². The van der Waals surface area contributed by atoms with Crippen LogP contribution in [0.25, 0.3) is 10.8 Å². The Morgan fingerprint density at radius 3 is 2.45 bits per heavy atom. The zero-order chi connectivity index (χ0) is 15.5. The summed E-state index contributed by atoms with van der Waals surface area (Å²) in [6.07, 6.45) is 5.64. The molecule has 22 heavy (non-hydrogen) atoms. The number of aromatic nitrogens is 1. The molecule has 0 amide bonds. The molecule has 1 heterocycles. The molecular weight excluding hydrogens is 385 g/mol. The molecule has 0 radical (unpaired) electrons. The second kappa shape index (κ2) is 6.73. The van der Waals surface area contributed by atoms with Crippen molar-refractivity contribution in [3.63, 3.8) is 0 Å². The van der Waals surface area contributed by atoms with E-state index in [1.54, 1.807) is 0 Å². The minimum atomic E-state index is 0.357. The number of halogens is 1. The summed E-state index contributed by atoms with van der Waals surface area (Å²) in [7, 11) is 0. The minimum absolute atomic E-state index is 0.357. The molecule has 0 atom stereocenters. The first-order chi connectivity index (χ1) is 10.7. The molecule has 1 aromatic heterocycles. The van der Waals surface area contributed by atoms with E-state index in [9.17, 15) is 5.11 Å². The van der Waals surface area contributed by atoms with Crippen LogP contribution < -0.4 is 0 Å². The lowest BCUT2D eigenvalue weighted by molar-refractivity contribution is 0.430. The van der Waals surface area contributed by atoms with Gasteiger partial charge in [-0.25, -0.2) is 0 Å². The molecule has 2 aromatic carbocycles. The van der Waals surface area contributed by atoms with E-state index in [0.717, 1.165) is 20.8 Å². The van der Waals surface area contributed by atoms with E-state index in [4.69, 9.17) is 0 Å². The average Bonchev–Trinajstić information content (AvgIpc) is 2.84. The van der Waals surface area contributed by atoms with Crippen LogP contribution in [0.1, 0.15) is 30.9 Å². The number of hydrogen-bond donors (Lipinski definition) is 1. The van der Waals surface area contributed by atoms with E-state index < -0.39 is 0 Å². The number of benzene rings is 2. The Kier molecular flexibility index (Phi) is 4.71. The third-order valence-corrected chi connectivity index (χ3v) is 4.93. The first kappa shape index (κ1) is 15.4. The molecule has 0 aliphatic rings. The van der Waals surface area contributed by atoms with Crippen molar-refractivity contribution >= 4 is 33.4 Å². The van der Waals surface area contributed by atoms with E-state index in [1.165, 1.54) is 24.0 Å². The summed E-state index contributed by atoms with van der Waals surface area (Å²) in [5.74, 6) is 0.357. The van der Waals surface area contributed by atoms with Crippen molar-refractivity contribution in [2.45, 2.75) is 32.7 Å². The van der Waals surface area contributed by atoms with E-state index in [2.05, 4.69) is 53.8 Å². The monoisotopic (exact) mass is 405 g/mol. The lowest BCUT2D eigenvalue weighted by atomic mass is 10.1. The van der Waals surface area contributed by atoms with Crippen molar-refractivity contribution in [1.29, 1.82) is 0 Å². The largest absolute Gasteiger partial charge is 0.494 e. The van der Waals surface area contributed by atoms with E-state index >= 15 is 0 Å². The fourth-order valence-corrected chi connectivity index (χ4v) is 3.53. The summed E-state index contributed by atoms with van der Waals surface area (Å²) in [4.78, 5) is 0. The average molecular weight is 405 g/mol. The molecule has 0 unspecified atom stereocenters. The Balaban J connectivity index is 1.84. The molecule has 3 rings (SSSR count). The second-order valence-corrected chi connectivity index (χ2v) is 6.87. The van der Waals surface area contributed by atoms with Gasteiger partial charge in [-0.1, -0.05) is 49.7 Å². The zero-order valence-corrected chi connectivity index (χ0v) is 14.9. The van der Waals surface area contributed by atoms with Crippen molar-refractivity contribution in [1.82, 2.24) is 4.57 Å². The topological polar surface area (TPSA) is 25.2 Å². The third kappa shape index (κ3) is 3.14. The van der Waals surface area contributed by atoms with Gasteiger partial charge in [-0.3, -0.25) is 0 Å². The van der Waals surface area contributed by atoms with Crippen molar-refractivity contribution in [3.8, 4) is 5.88 Å². The first-order valence-corrected chi connectivity index (χ1v) is 8.81. The van der Waals surface area contributed by atoms with Crippen LogP contribution in [0.3, 0.4) is 0 Å². The Labute approximate surface area is 144 Å². The number of nitrogens with zero attached hydrogens (tertiary/aromatic N) is 1. The highest BCUT2D eigenvalue weighted by Crippen LogP contribution is 2.31. The SMILES string of the molecule is CCCCc1ccc(Cn2cc3cccc(I)c3c2O)cc1. The molecule has 0 saturated heterocycles. The maximum atomic E-state index is 10.5. The van der Waals surface area contributed by atoms with Gasteiger partial charge in [-0.2, -0.15) is 0 Å². The van der Waals surface area contributed by atoms with Crippen LogP contribution >= 0.6 is 22.6 Å². The molecule has 0 spiro atoms. The fraction of sp³-hybridized carbons (Fsp3) is 0.263. The van der Waals surface area contributed by atoms with Gasteiger partial charge in [-0.15, -0.1) is 0 Å². The number of unbranched alkanes of at least 4 members (excludes halogenated alkanes) is 1. The summed E-state index contributed by atoms with van der Waals surface area (Å²) < 4.78 is 3.01. The standard InChI is InChI=1S/C19H20INO/c1-2-3-5-14-8-10-15(11-9-14)12-21-13-16-6-4-7-17(20)18(16)19(21)22/h4,6-11,13,22H,2-3,5,12H2,1H3. The van der Waals surface area contributed by atoms with Gasteiger partial charge in [0.15, 0.2) is 5.88 Å². The number of rotatable bonds is 5. The summed E-state index contributed by atoms with van der Waals surface area (Å²) >= 11 is 2.27. The minimum Gasteiger partial charge on any atom is -0.494 e. The van der Waals surface area contributed by atoms with Crippen LogP contribution in [0.15, 0.2) is 48.7 Å². The number of hydrogen-bond acceptors (Lipinski definition) is 1. The lowest BCUT2D eigenvalue weighted by Gasteiger charge is -2.07. The van der Waals surface area contributed by atoms with Crippen LogP contribution in [0.5, 0.6) is 5.88 Å². The van der Waals surface area contributed by atoms with Gasteiger partial charge in [0.2, 0.25) is 0 Å². The predicted molar refractivity (Wildman–Crippen MR) is 100 cm³/mol. The molecule has 0 fully saturated rings. The van der Waals surface area contributed by atoms with E-state index in [0.29, 0.717) is 12.4 Å². The van der Waals surface area contributed by atoms with Gasteiger partial charge in [0.25, 0.3) is 0 Å². The van der Waals surface area contributed by atoms with Crippen LogP contribution in [-0.4, -0.2) is 9.67 Å². The van der Waals surface area contributed by atoms with Crippen LogP contribution in [-0.2, 0) is 13.0 Å². The summed E-state index contributed by atoms with van der Waals surface area (Å²) in [5, 5.41) is 12.5. The predicted octanol–water partition coefficient (Wildman–Crippen LogP) is 5.34. The van der Waals surface area contributed by atoms with Crippen LogP contribution in [0.4, 0.5) is 0 Å². The molecule has 1 N–H and O–H groups in total. The summed E-state index contributed by atoms with van der Waals surface area (Å²) in [5.41, 5.74) is 2.60. The second-order valence-electron chi connectivity index (χ2n) is 5.70. The quantitative estimate of drug-likeness (QED) is 0.570. The molecule has 0 bridgehead atoms. The van der Waals surface area contributed by atoms with Crippen LogP contribution in [0, 0.1) is 3.57 Å². The highest BCUT2D eigenvalue weighted by atomic mass is 127. The van der Waals surface area contributed by atoms with E-state index in [1.807, 2.05) is 29.0 Å². The van der Waals surface area contributed by atoms with Crippen molar-refractivity contribution < 1.29 is 5.11 Å². The maximum Gasteiger partial charge on any atom is 0.200 e. The van der Waals surface area contributed by atoms with Gasteiger partial charge in [0.1, 0.15) is 0 Å². The molecule has 3 aromatic rings. The van der Waals surface area contributed by atoms with Gasteiger partial charge >= 0.3 is 0 Å². The molecule has 114 valence electrons. The van der Waals surface area contributed by atoms with Crippen molar-refractivity contribution in [2.75, 3.05) is 0 Å². The molecule has 0 aliphatic carbocycles. The molecule has 3 heteroatoms. The van der Waals surface area contributed by atoms with E-state index in [-0.39, 0.29) is 0 Å². The van der Waals surface area contributed by atoms with Crippen LogP contribution in [0.2, 0.25) is 0 Å². The smallest absolute Gasteiger partial charge is 0.200 e. The third-order valence-electron chi connectivity index (χ3n) is 4.03. The summed E-state index contributed by atoms with van der Waals surface area (Å²) in [6, 6.07) is 14.8. The summed E-state index contributed by atoms with van der Waals surface area (Å²) in [6.45, 7) is 2.92. The van der Waals surface area contributed by atoms with Gasteiger partial charge in [0, 0.05) is 15.2 Å². The van der Waals surface area contributed by atoms with Gasteiger partial charge in [-0.05, 0) is 52.6 Å². The Morgan fingerprint density at radius 1 is 1.05 bits per heavy atom. The van der Waals surface area contributed by atoms with Crippen molar-refractivity contribution in [2.24, 2.45) is 0 Å². The Morgan fingerprint density at radius 2 is 1.77 bits per heavy atom.